The van der Waals surface area contributed by atoms with E-state index >= 15 is 0 Å². The maximum Gasteiger partial charge on any atom is 0.243 e. The largest absolute Gasteiger partial charge is 0.302 e. The molecule has 0 radical (unpaired) electrons. The van der Waals surface area contributed by atoms with E-state index < -0.39 is 0 Å². The van der Waals surface area contributed by atoms with Crippen molar-refractivity contribution in [1.82, 2.24) is 10.6 Å². The van der Waals surface area contributed by atoms with Gasteiger partial charge in [0.1, 0.15) is 5.82 Å². The Balaban J connectivity index is 0.00000162. The summed E-state index contributed by atoms with van der Waals surface area (Å²) in [6.45, 7) is 0.479. The number of nitrogens with one attached hydrogen (secondary N) is 2. The molecular formula is C12H14ClFN2O2. The van der Waals surface area contributed by atoms with Gasteiger partial charge in [-0.1, -0.05) is 12.1 Å². The lowest BCUT2D eigenvalue weighted by Gasteiger charge is -2.21. The lowest BCUT2D eigenvalue weighted by Crippen LogP contribution is -2.50. The number of carbonyl (C=O) groups is 2. The SMILES string of the molecule is Cl.O=C1CCC(NCc2ccc(F)cc2)C(=O)N1. The normalized spacial score (nSPS) is 19.1. The Kier molecular flexibility index (Phi) is 5.25. The van der Waals surface area contributed by atoms with Crippen molar-refractivity contribution >= 4 is 24.2 Å². The maximum atomic E-state index is 12.7. The van der Waals surface area contributed by atoms with Crippen LogP contribution in [0.3, 0.4) is 0 Å². The molecule has 1 aliphatic rings. The highest BCUT2D eigenvalue weighted by Gasteiger charge is 2.25. The second kappa shape index (κ2) is 6.47. The number of imide groups is 1. The van der Waals surface area contributed by atoms with E-state index in [1.807, 2.05) is 0 Å². The first-order valence-electron chi connectivity index (χ1n) is 5.46. The Morgan fingerprint density at radius 3 is 2.56 bits per heavy atom. The van der Waals surface area contributed by atoms with Crippen LogP contribution >= 0.6 is 12.4 Å². The number of piperidine rings is 1. The Hall–Kier alpha value is -1.46. The molecule has 2 rings (SSSR count). The zero-order chi connectivity index (χ0) is 12.3. The van der Waals surface area contributed by atoms with Crippen molar-refractivity contribution in [3.63, 3.8) is 0 Å². The summed E-state index contributed by atoms with van der Waals surface area (Å²) in [7, 11) is 0. The molecule has 0 spiro atoms. The van der Waals surface area contributed by atoms with Crippen LogP contribution < -0.4 is 10.6 Å². The van der Waals surface area contributed by atoms with Crippen molar-refractivity contribution in [2.75, 3.05) is 0 Å². The average Bonchev–Trinajstić information content (AvgIpc) is 2.30. The molecule has 18 heavy (non-hydrogen) atoms. The fourth-order valence-electron chi connectivity index (χ4n) is 1.73. The zero-order valence-corrected chi connectivity index (χ0v) is 10.4. The number of amides is 2. The monoisotopic (exact) mass is 272 g/mol. The summed E-state index contributed by atoms with van der Waals surface area (Å²) >= 11 is 0. The van der Waals surface area contributed by atoms with Crippen molar-refractivity contribution in [2.45, 2.75) is 25.4 Å². The van der Waals surface area contributed by atoms with Crippen LogP contribution in [0.25, 0.3) is 0 Å². The van der Waals surface area contributed by atoms with Gasteiger partial charge in [0.05, 0.1) is 6.04 Å². The molecule has 98 valence electrons. The van der Waals surface area contributed by atoms with Gasteiger partial charge in [-0.15, -0.1) is 12.4 Å². The van der Waals surface area contributed by atoms with Crippen molar-refractivity contribution in [2.24, 2.45) is 0 Å². The van der Waals surface area contributed by atoms with E-state index in [9.17, 15) is 14.0 Å². The molecule has 1 saturated heterocycles. The number of halogens is 2. The summed E-state index contributed by atoms with van der Waals surface area (Å²) in [5, 5.41) is 5.32. The fraction of sp³-hybridized carbons (Fsp3) is 0.333. The summed E-state index contributed by atoms with van der Waals surface area (Å²) in [6, 6.07) is 5.73. The highest BCUT2D eigenvalue weighted by atomic mass is 35.5. The van der Waals surface area contributed by atoms with Crippen molar-refractivity contribution in [1.29, 1.82) is 0 Å². The average molecular weight is 273 g/mol. The van der Waals surface area contributed by atoms with E-state index in [2.05, 4.69) is 10.6 Å². The molecule has 0 bridgehead atoms. The van der Waals surface area contributed by atoms with Gasteiger partial charge < -0.3 is 5.32 Å². The molecule has 1 fully saturated rings. The lowest BCUT2D eigenvalue weighted by molar-refractivity contribution is -0.134. The van der Waals surface area contributed by atoms with Gasteiger partial charge in [0.15, 0.2) is 0 Å². The van der Waals surface area contributed by atoms with Crippen LogP contribution in [0.4, 0.5) is 4.39 Å². The van der Waals surface area contributed by atoms with E-state index in [-0.39, 0.29) is 36.1 Å². The first kappa shape index (κ1) is 14.6. The third-order valence-electron chi connectivity index (χ3n) is 2.71. The number of hydrogen-bond donors (Lipinski definition) is 2. The van der Waals surface area contributed by atoms with Crippen LogP contribution in [0, 0.1) is 5.82 Å². The third-order valence-corrected chi connectivity index (χ3v) is 2.71. The van der Waals surface area contributed by atoms with E-state index in [4.69, 9.17) is 0 Å². The standard InChI is InChI=1S/C12H13FN2O2.ClH/c13-9-3-1-8(2-4-9)7-14-10-5-6-11(16)15-12(10)17;/h1-4,10,14H,5-7H2,(H,15,16,17);1H. The first-order valence-corrected chi connectivity index (χ1v) is 5.46. The molecule has 0 aliphatic carbocycles. The van der Waals surface area contributed by atoms with Gasteiger partial charge in [-0.3, -0.25) is 14.9 Å². The fourth-order valence-corrected chi connectivity index (χ4v) is 1.73. The van der Waals surface area contributed by atoms with E-state index in [0.29, 0.717) is 19.4 Å². The Morgan fingerprint density at radius 1 is 1.28 bits per heavy atom. The van der Waals surface area contributed by atoms with Gasteiger partial charge >= 0.3 is 0 Å². The Morgan fingerprint density at radius 2 is 1.94 bits per heavy atom. The molecule has 1 heterocycles. The van der Waals surface area contributed by atoms with Crippen LogP contribution in [0.15, 0.2) is 24.3 Å². The highest BCUT2D eigenvalue weighted by Crippen LogP contribution is 2.07. The molecule has 2 amide bonds. The zero-order valence-electron chi connectivity index (χ0n) is 9.61. The van der Waals surface area contributed by atoms with Gasteiger partial charge in [0.25, 0.3) is 0 Å². The first-order chi connectivity index (χ1) is 8.15. The number of hydrogen-bond acceptors (Lipinski definition) is 3. The van der Waals surface area contributed by atoms with E-state index in [0.717, 1.165) is 5.56 Å². The number of benzene rings is 1. The van der Waals surface area contributed by atoms with Gasteiger partial charge in [-0.05, 0) is 24.1 Å². The summed E-state index contributed by atoms with van der Waals surface area (Å²) < 4.78 is 12.7. The molecule has 1 aromatic carbocycles. The second-order valence-corrected chi connectivity index (χ2v) is 4.01. The van der Waals surface area contributed by atoms with Gasteiger partial charge in [-0.25, -0.2) is 4.39 Å². The molecular weight excluding hydrogens is 259 g/mol. The third kappa shape index (κ3) is 3.78. The molecule has 1 aliphatic heterocycles. The predicted molar refractivity (Wildman–Crippen MR) is 66.7 cm³/mol. The van der Waals surface area contributed by atoms with Gasteiger partial charge in [-0.2, -0.15) is 0 Å². The van der Waals surface area contributed by atoms with Crippen LogP contribution in [-0.2, 0) is 16.1 Å². The predicted octanol–water partition coefficient (Wildman–Crippen LogP) is 1.14. The van der Waals surface area contributed by atoms with E-state index in [1.54, 1.807) is 12.1 Å². The van der Waals surface area contributed by atoms with Crippen LogP contribution in [0.5, 0.6) is 0 Å². The molecule has 1 unspecified atom stereocenters. The maximum absolute atomic E-state index is 12.7. The number of carbonyl (C=O) groups excluding carboxylic acids is 2. The van der Waals surface area contributed by atoms with Gasteiger partial charge in [0.2, 0.25) is 11.8 Å². The summed E-state index contributed by atoms with van der Waals surface area (Å²) in [6.07, 6.45) is 0.860. The van der Waals surface area contributed by atoms with Gasteiger partial charge in [0, 0.05) is 13.0 Å². The van der Waals surface area contributed by atoms with Crippen LogP contribution in [-0.4, -0.2) is 17.9 Å². The Labute approximate surface area is 110 Å². The summed E-state index contributed by atoms with van der Waals surface area (Å²) in [4.78, 5) is 22.4. The molecule has 2 N–H and O–H groups in total. The van der Waals surface area contributed by atoms with Crippen LogP contribution in [0.2, 0.25) is 0 Å². The topological polar surface area (TPSA) is 58.2 Å². The molecule has 6 heteroatoms. The van der Waals surface area contributed by atoms with Crippen molar-refractivity contribution < 1.29 is 14.0 Å². The summed E-state index contributed by atoms with van der Waals surface area (Å²) in [5.41, 5.74) is 0.899. The second-order valence-electron chi connectivity index (χ2n) is 4.01. The minimum atomic E-state index is -0.349. The Bertz CT molecular complexity index is 436. The van der Waals surface area contributed by atoms with E-state index in [1.165, 1.54) is 12.1 Å². The molecule has 4 nitrogen and oxygen atoms in total. The minimum Gasteiger partial charge on any atom is -0.302 e. The molecule has 1 atom stereocenters. The quantitative estimate of drug-likeness (QED) is 0.812. The molecule has 0 aromatic heterocycles. The van der Waals surface area contributed by atoms with Crippen LogP contribution in [0.1, 0.15) is 18.4 Å². The number of rotatable bonds is 3. The molecule has 0 saturated carbocycles. The smallest absolute Gasteiger partial charge is 0.243 e. The molecule has 1 aromatic rings. The van der Waals surface area contributed by atoms with Crippen molar-refractivity contribution in [3.05, 3.63) is 35.6 Å². The highest BCUT2D eigenvalue weighted by molar-refractivity contribution is 6.00. The summed E-state index contributed by atoms with van der Waals surface area (Å²) in [5.74, 6) is -0.798. The van der Waals surface area contributed by atoms with Crippen molar-refractivity contribution in [3.8, 4) is 0 Å². The lowest BCUT2D eigenvalue weighted by atomic mass is 10.1. The minimum absolute atomic E-state index is 0.